The molecule has 96 valence electrons. The summed E-state index contributed by atoms with van der Waals surface area (Å²) in [5.41, 5.74) is 1.88. The summed E-state index contributed by atoms with van der Waals surface area (Å²) < 4.78 is 0.995. The molecule has 17 heavy (non-hydrogen) atoms. The molecule has 2 unspecified atom stereocenters. The summed E-state index contributed by atoms with van der Waals surface area (Å²) >= 11 is 3.41. The summed E-state index contributed by atoms with van der Waals surface area (Å²) in [4.78, 5) is 0. The quantitative estimate of drug-likeness (QED) is 0.753. The molecule has 0 heterocycles. The van der Waals surface area contributed by atoms with Gasteiger partial charge in [0, 0.05) is 4.47 Å². The molecule has 0 fully saturated rings. The lowest BCUT2D eigenvalue weighted by Crippen LogP contribution is -2.24. The van der Waals surface area contributed by atoms with E-state index < -0.39 is 12.2 Å². The Kier molecular flexibility index (Phi) is 6.12. The van der Waals surface area contributed by atoms with Crippen molar-refractivity contribution in [3.63, 3.8) is 0 Å². The van der Waals surface area contributed by atoms with Crippen LogP contribution in [0.5, 0.6) is 0 Å². The Morgan fingerprint density at radius 1 is 1.35 bits per heavy atom. The fourth-order valence-electron chi connectivity index (χ4n) is 1.83. The normalized spacial score (nSPS) is 14.6. The number of rotatable bonds is 6. The molecule has 0 bridgehead atoms. The van der Waals surface area contributed by atoms with Gasteiger partial charge in [-0.15, -0.1) is 0 Å². The van der Waals surface area contributed by atoms with Crippen molar-refractivity contribution < 1.29 is 10.2 Å². The lowest BCUT2D eigenvalue weighted by Gasteiger charge is -2.20. The largest absolute Gasteiger partial charge is 0.390 e. The summed E-state index contributed by atoms with van der Waals surface area (Å²) in [5.74, 6) is 0. The van der Waals surface area contributed by atoms with Crippen molar-refractivity contribution in [2.24, 2.45) is 0 Å². The lowest BCUT2D eigenvalue weighted by molar-refractivity contribution is 0.0135. The van der Waals surface area contributed by atoms with Gasteiger partial charge in [-0.05, 0) is 49.7 Å². The van der Waals surface area contributed by atoms with E-state index in [9.17, 15) is 10.2 Å². The van der Waals surface area contributed by atoms with Crippen LogP contribution in [-0.4, -0.2) is 29.9 Å². The molecule has 1 rings (SSSR count). The third kappa shape index (κ3) is 4.07. The molecule has 0 aromatic heterocycles. The zero-order chi connectivity index (χ0) is 12.8. The predicted molar refractivity (Wildman–Crippen MR) is 73.0 cm³/mol. The van der Waals surface area contributed by atoms with Gasteiger partial charge in [-0.1, -0.05) is 28.9 Å². The van der Waals surface area contributed by atoms with Crippen molar-refractivity contribution >= 4 is 15.9 Å². The van der Waals surface area contributed by atoms with E-state index in [1.165, 1.54) is 0 Å². The molecule has 4 heteroatoms. The average Bonchev–Trinajstić information content (AvgIpc) is 2.34. The Morgan fingerprint density at radius 3 is 2.65 bits per heavy atom. The van der Waals surface area contributed by atoms with Gasteiger partial charge in [0.15, 0.2) is 0 Å². The second-order valence-electron chi connectivity index (χ2n) is 4.10. The van der Waals surface area contributed by atoms with E-state index in [1.54, 1.807) is 0 Å². The molecule has 0 saturated heterocycles. The third-order valence-corrected chi connectivity index (χ3v) is 3.35. The van der Waals surface area contributed by atoms with E-state index >= 15 is 0 Å². The van der Waals surface area contributed by atoms with Crippen LogP contribution in [0.2, 0.25) is 0 Å². The Labute approximate surface area is 111 Å². The first kappa shape index (κ1) is 14.6. The van der Waals surface area contributed by atoms with Gasteiger partial charge >= 0.3 is 0 Å². The van der Waals surface area contributed by atoms with E-state index in [0.717, 1.165) is 22.0 Å². The molecule has 0 spiro atoms. The van der Waals surface area contributed by atoms with E-state index in [4.69, 9.17) is 0 Å². The molecular formula is C13H20BrNO2. The minimum Gasteiger partial charge on any atom is -0.390 e. The van der Waals surface area contributed by atoms with Crippen LogP contribution in [0.1, 0.15) is 30.6 Å². The first-order valence-electron chi connectivity index (χ1n) is 5.89. The molecule has 3 nitrogen and oxygen atoms in total. The first-order chi connectivity index (χ1) is 8.10. The van der Waals surface area contributed by atoms with Gasteiger partial charge in [-0.25, -0.2) is 0 Å². The predicted octanol–water partition coefficient (Wildman–Crippen LogP) is 2.02. The molecule has 0 aliphatic heterocycles. The van der Waals surface area contributed by atoms with Gasteiger partial charge in [0.1, 0.15) is 6.10 Å². The van der Waals surface area contributed by atoms with Gasteiger partial charge in [0.2, 0.25) is 0 Å². The van der Waals surface area contributed by atoms with E-state index in [0.29, 0.717) is 13.0 Å². The number of aliphatic hydroxyl groups is 2. The highest BCUT2D eigenvalue weighted by Crippen LogP contribution is 2.26. The maximum Gasteiger partial charge on any atom is 0.105 e. The zero-order valence-corrected chi connectivity index (χ0v) is 11.9. The highest BCUT2D eigenvalue weighted by atomic mass is 79.9. The summed E-state index contributed by atoms with van der Waals surface area (Å²) in [6.45, 7) is 2.73. The summed E-state index contributed by atoms with van der Waals surface area (Å²) in [5, 5.41) is 23.0. The van der Waals surface area contributed by atoms with Crippen LogP contribution in [0.4, 0.5) is 0 Å². The SMILES string of the molecule is CCc1cc(Br)ccc1C(O)C(O)CCNC. The van der Waals surface area contributed by atoms with E-state index in [1.807, 2.05) is 32.2 Å². The molecule has 0 radical (unpaired) electrons. The van der Waals surface area contributed by atoms with Crippen molar-refractivity contribution in [2.75, 3.05) is 13.6 Å². The Morgan fingerprint density at radius 2 is 2.06 bits per heavy atom. The molecule has 3 N–H and O–H groups in total. The van der Waals surface area contributed by atoms with Gasteiger partial charge < -0.3 is 15.5 Å². The molecule has 0 saturated carbocycles. The average molecular weight is 302 g/mol. The highest BCUT2D eigenvalue weighted by Gasteiger charge is 2.20. The summed E-state index contributed by atoms with van der Waals surface area (Å²) in [6.07, 6.45) is -0.165. The fourth-order valence-corrected chi connectivity index (χ4v) is 2.23. The van der Waals surface area contributed by atoms with Crippen LogP contribution in [-0.2, 0) is 6.42 Å². The van der Waals surface area contributed by atoms with Crippen molar-refractivity contribution in [1.29, 1.82) is 0 Å². The number of hydrogen-bond donors (Lipinski definition) is 3. The Hall–Kier alpha value is -0.420. The van der Waals surface area contributed by atoms with Gasteiger partial charge in [-0.2, -0.15) is 0 Å². The van der Waals surface area contributed by atoms with Crippen molar-refractivity contribution in [1.82, 2.24) is 5.32 Å². The molecule has 2 atom stereocenters. The minimum atomic E-state index is -0.814. The maximum absolute atomic E-state index is 10.1. The van der Waals surface area contributed by atoms with Crippen molar-refractivity contribution in [3.8, 4) is 0 Å². The van der Waals surface area contributed by atoms with Crippen LogP contribution in [0.3, 0.4) is 0 Å². The standard InChI is InChI=1S/C13H20BrNO2/c1-3-9-8-10(14)4-5-11(9)13(17)12(16)6-7-15-2/h4-5,8,12-13,15-17H,3,6-7H2,1-2H3. The van der Waals surface area contributed by atoms with E-state index in [2.05, 4.69) is 21.2 Å². The van der Waals surface area contributed by atoms with Gasteiger partial charge in [-0.3, -0.25) is 0 Å². The second kappa shape index (κ2) is 7.11. The molecular weight excluding hydrogens is 282 g/mol. The number of nitrogens with one attached hydrogen (secondary N) is 1. The zero-order valence-electron chi connectivity index (χ0n) is 10.3. The number of hydrogen-bond acceptors (Lipinski definition) is 3. The Balaban J connectivity index is 2.83. The van der Waals surface area contributed by atoms with Crippen LogP contribution in [0.15, 0.2) is 22.7 Å². The van der Waals surface area contributed by atoms with Crippen LogP contribution in [0, 0.1) is 0 Å². The van der Waals surface area contributed by atoms with Crippen LogP contribution in [0.25, 0.3) is 0 Å². The minimum absolute atomic E-state index is 0.539. The molecule has 0 aliphatic rings. The van der Waals surface area contributed by atoms with E-state index in [-0.39, 0.29) is 0 Å². The summed E-state index contributed by atoms with van der Waals surface area (Å²) in [6, 6.07) is 5.75. The Bertz CT molecular complexity index is 357. The molecule has 1 aromatic rings. The van der Waals surface area contributed by atoms with Gasteiger partial charge in [0.25, 0.3) is 0 Å². The highest BCUT2D eigenvalue weighted by molar-refractivity contribution is 9.10. The number of aryl methyl sites for hydroxylation is 1. The monoisotopic (exact) mass is 301 g/mol. The lowest BCUT2D eigenvalue weighted by atomic mass is 9.96. The van der Waals surface area contributed by atoms with Crippen LogP contribution < -0.4 is 5.32 Å². The van der Waals surface area contributed by atoms with Crippen molar-refractivity contribution in [2.45, 2.75) is 32.0 Å². The summed E-state index contributed by atoms with van der Waals surface area (Å²) in [7, 11) is 1.83. The van der Waals surface area contributed by atoms with Crippen LogP contribution >= 0.6 is 15.9 Å². The third-order valence-electron chi connectivity index (χ3n) is 2.86. The molecule has 0 aliphatic carbocycles. The molecule has 1 aromatic carbocycles. The maximum atomic E-state index is 10.1. The first-order valence-corrected chi connectivity index (χ1v) is 6.68. The molecule has 0 amide bonds. The second-order valence-corrected chi connectivity index (χ2v) is 5.02. The van der Waals surface area contributed by atoms with Gasteiger partial charge in [0.05, 0.1) is 6.10 Å². The number of aliphatic hydroxyl groups excluding tert-OH is 2. The fraction of sp³-hybridized carbons (Fsp3) is 0.538. The smallest absolute Gasteiger partial charge is 0.105 e. The number of benzene rings is 1. The van der Waals surface area contributed by atoms with Crippen molar-refractivity contribution in [3.05, 3.63) is 33.8 Å². The number of halogens is 1. The topological polar surface area (TPSA) is 52.5 Å².